The average molecular weight is 296 g/mol. The average Bonchev–Trinajstić information content (AvgIpc) is 2.90. The molecule has 1 fully saturated rings. The number of aliphatic hydroxyl groups is 1. The Morgan fingerprint density at radius 3 is 2.62 bits per heavy atom. The van der Waals surface area contributed by atoms with Crippen molar-refractivity contribution in [2.45, 2.75) is 26.0 Å². The van der Waals surface area contributed by atoms with E-state index in [4.69, 9.17) is 9.52 Å². The smallest absolute Gasteiger partial charge is 0.317 e. The van der Waals surface area contributed by atoms with E-state index in [1.807, 2.05) is 0 Å². The molecule has 7 heteroatoms. The minimum Gasteiger partial charge on any atom is -0.480 e. The number of nitrogens with zero attached hydrogens (tertiary/aromatic N) is 2. The van der Waals surface area contributed by atoms with Crippen LogP contribution in [0.1, 0.15) is 21.9 Å². The number of carboxylic acids is 1. The third-order valence-electron chi connectivity index (χ3n) is 3.73. The summed E-state index contributed by atoms with van der Waals surface area (Å²) in [6, 6.07) is 1.40. The van der Waals surface area contributed by atoms with Gasteiger partial charge >= 0.3 is 5.97 Å². The highest BCUT2D eigenvalue weighted by Gasteiger charge is 2.38. The minimum absolute atomic E-state index is 0.173. The van der Waals surface area contributed by atoms with Gasteiger partial charge in [-0.3, -0.25) is 14.5 Å². The molecule has 2 N–H and O–H groups in total. The number of hydrogen-bond donors (Lipinski definition) is 2. The van der Waals surface area contributed by atoms with Crippen molar-refractivity contribution in [2.24, 2.45) is 0 Å². The molecule has 21 heavy (non-hydrogen) atoms. The van der Waals surface area contributed by atoms with Crippen molar-refractivity contribution in [3.63, 3.8) is 0 Å². The predicted molar refractivity (Wildman–Crippen MR) is 74.1 cm³/mol. The third-order valence-corrected chi connectivity index (χ3v) is 3.73. The maximum Gasteiger partial charge on any atom is 0.317 e. The molecule has 0 aromatic carbocycles. The number of aliphatic hydroxyl groups excluding tert-OH is 1. The second kappa shape index (κ2) is 5.87. The van der Waals surface area contributed by atoms with E-state index in [9.17, 15) is 14.7 Å². The summed E-state index contributed by atoms with van der Waals surface area (Å²) in [4.78, 5) is 26.2. The largest absolute Gasteiger partial charge is 0.480 e. The molecule has 1 aromatic rings. The Bertz CT molecular complexity index is 554. The van der Waals surface area contributed by atoms with Crippen LogP contribution in [-0.4, -0.2) is 70.7 Å². The van der Waals surface area contributed by atoms with Crippen LogP contribution in [0.5, 0.6) is 0 Å². The molecule has 0 bridgehead atoms. The van der Waals surface area contributed by atoms with Crippen LogP contribution in [0, 0.1) is 13.8 Å². The van der Waals surface area contributed by atoms with Gasteiger partial charge in [-0.15, -0.1) is 0 Å². The van der Waals surface area contributed by atoms with E-state index in [1.54, 1.807) is 31.9 Å². The quantitative estimate of drug-likeness (QED) is 0.818. The van der Waals surface area contributed by atoms with Crippen molar-refractivity contribution in [1.82, 2.24) is 9.80 Å². The Hall–Kier alpha value is -1.86. The van der Waals surface area contributed by atoms with Gasteiger partial charge in [0.25, 0.3) is 5.91 Å². The van der Waals surface area contributed by atoms with Gasteiger partial charge in [0.1, 0.15) is 5.76 Å². The first kappa shape index (κ1) is 15.5. The molecule has 7 nitrogen and oxygen atoms in total. The molecule has 0 radical (unpaired) electrons. The molecule has 116 valence electrons. The summed E-state index contributed by atoms with van der Waals surface area (Å²) in [6.45, 7) is 3.84. The number of amides is 1. The van der Waals surface area contributed by atoms with E-state index in [0.29, 0.717) is 5.76 Å². The summed E-state index contributed by atoms with van der Waals surface area (Å²) in [5, 5.41) is 18.9. The number of aryl methyl sites for hydroxylation is 2. The highest BCUT2D eigenvalue weighted by Crippen LogP contribution is 2.21. The fourth-order valence-electron chi connectivity index (χ4n) is 2.70. The van der Waals surface area contributed by atoms with Crippen molar-refractivity contribution in [2.75, 3.05) is 26.7 Å². The number of aliphatic carboxylic acids is 1. The standard InChI is InChI=1S/C14H20N2O5/c1-8-4-9(2)21-13(8)14(20)16-5-10(11(17)6-16)15(3)7-12(18)19/h4,10-11,17H,5-7H2,1-3H3,(H,18,19)/t10-,11-/m1/s1. The van der Waals surface area contributed by atoms with Crippen LogP contribution in [0.4, 0.5) is 0 Å². The van der Waals surface area contributed by atoms with Gasteiger partial charge in [-0.05, 0) is 27.0 Å². The Morgan fingerprint density at radius 2 is 2.10 bits per heavy atom. The van der Waals surface area contributed by atoms with Crippen molar-refractivity contribution < 1.29 is 24.2 Å². The lowest BCUT2D eigenvalue weighted by molar-refractivity contribution is -0.138. The molecule has 1 saturated heterocycles. The van der Waals surface area contributed by atoms with Crippen LogP contribution in [0.25, 0.3) is 0 Å². The zero-order valence-electron chi connectivity index (χ0n) is 12.4. The van der Waals surface area contributed by atoms with Crippen molar-refractivity contribution >= 4 is 11.9 Å². The Kier molecular flexibility index (Phi) is 4.34. The van der Waals surface area contributed by atoms with Crippen LogP contribution >= 0.6 is 0 Å². The van der Waals surface area contributed by atoms with Gasteiger partial charge in [0.2, 0.25) is 0 Å². The topological polar surface area (TPSA) is 94.2 Å². The summed E-state index contributed by atoms with van der Waals surface area (Å²) in [7, 11) is 1.62. The van der Waals surface area contributed by atoms with Gasteiger partial charge < -0.3 is 19.5 Å². The molecule has 0 spiro atoms. The lowest BCUT2D eigenvalue weighted by Gasteiger charge is -2.24. The van der Waals surface area contributed by atoms with Crippen molar-refractivity contribution in [3.8, 4) is 0 Å². The number of likely N-dealkylation sites (tertiary alicyclic amines) is 1. The number of carbonyl (C=O) groups excluding carboxylic acids is 1. The van der Waals surface area contributed by atoms with Crippen LogP contribution < -0.4 is 0 Å². The summed E-state index contributed by atoms with van der Waals surface area (Å²) >= 11 is 0. The molecule has 1 amide bonds. The van der Waals surface area contributed by atoms with E-state index in [2.05, 4.69) is 0 Å². The molecule has 1 aliphatic heterocycles. The fourth-order valence-corrected chi connectivity index (χ4v) is 2.70. The van der Waals surface area contributed by atoms with Crippen molar-refractivity contribution in [3.05, 3.63) is 23.2 Å². The second-order valence-corrected chi connectivity index (χ2v) is 5.52. The predicted octanol–water partition coefficient (Wildman–Crippen LogP) is 0.0981. The molecular weight excluding hydrogens is 276 g/mol. The highest BCUT2D eigenvalue weighted by atomic mass is 16.4. The number of carboxylic acid groups (broad SMARTS) is 1. The fraction of sp³-hybridized carbons (Fsp3) is 0.571. The van der Waals surface area contributed by atoms with Crippen LogP contribution in [0.2, 0.25) is 0 Å². The van der Waals surface area contributed by atoms with Gasteiger partial charge in [0.15, 0.2) is 5.76 Å². The SMILES string of the molecule is Cc1cc(C)c(C(=O)N2C[C@@H](O)[C@H](N(C)CC(=O)O)C2)o1. The second-order valence-electron chi connectivity index (χ2n) is 5.52. The normalized spacial score (nSPS) is 22.0. The first-order valence-corrected chi connectivity index (χ1v) is 6.76. The Balaban J connectivity index is 2.08. The highest BCUT2D eigenvalue weighted by molar-refractivity contribution is 5.93. The number of furan rings is 1. The molecule has 0 saturated carbocycles. The van der Waals surface area contributed by atoms with Gasteiger partial charge in [-0.2, -0.15) is 0 Å². The zero-order valence-corrected chi connectivity index (χ0v) is 12.4. The molecule has 2 heterocycles. The lowest BCUT2D eigenvalue weighted by atomic mass is 10.2. The summed E-state index contributed by atoms with van der Waals surface area (Å²) in [5.41, 5.74) is 0.759. The summed E-state index contributed by atoms with van der Waals surface area (Å²) in [6.07, 6.45) is -0.769. The van der Waals surface area contributed by atoms with Gasteiger partial charge in [-0.1, -0.05) is 0 Å². The maximum absolute atomic E-state index is 12.4. The number of β-amino-alcohol motifs (C(OH)–C–C–N with tert-alkyl or cyclic N) is 1. The summed E-state index contributed by atoms with van der Waals surface area (Å²) < 4.78 is 5.40. The van der Waals surface area contributed by atoms with E-state index in [1.165, 1.54) is 4.90 Å². The van der Waals surface area contributed by atoms with Crippen LogP contribution in [0.3, 0.4) is 0 Å². The van der Waals surface area contributed by atoms with E-state index < -0.39 is 12.1 Å². The van der Waals surface area contributed by atoms with Crippen molar-refractivity contribution in [1.29, 1.82) is 0 Å². The van der Waals surface area contributed by atoms with Gasteiger partial charge in [0.05, 0.1) is 18.7 Å². The van der Waals surface area contributed by atoms with E-state index in [0.717, 1.165) is 5.56 Å². The number of carbonyl (C=O) groups is 2. The third kappa shape index (κ3) is 3.25. The van der Waals surface area contributed by atoms with E-state index in [-0.39, 0.29) is 37.3 Å². The Labute approximate surface area is 122 Å². The van der Waals surface area contributed by atoms with E-state index >= 15 is 0 Å². The van der Waals surface area contributed by atoms with Gasteiger partial charge in [-0.25, -0.2) is 0 Å². The number of hydrogen-bond acceptors (Lipinski definition) is 5. The number of rotatable bonds is 4. The molecule has 1 aliphatic rings. The van der Waals surface area contributed by atoms with Crippen LogP contribution in [0.15, 0.2) is 10.5 Å². The summed E-state index contributed by atoms with van der Waals surface area (Å²) in [5.74, 6) is -0.297. The molecule has 2 atom stereocenters. The first-order valence-electron chi connectivity index (χ1n) is 6.76. The van der Waals surface area contributed by atoms with Crippen LogP contribution in [-0.2, 0) is 4.79 Å². The molecule has 2 rings (SSSR count). The van der Waals surface area contributed by atoms with Gasteiger partial charge in [0, 0.05) is 18.7 Å². The number of likely N-dealkylation sites (N-methyl/N-ethyl adjacent to an activating group) is 1. The molecule has 1 aromatic heterocycles. The molecule has 0 aliphatic carbocycles. The molecular formula is C14H20N2O5. The molecule has 0 unspecified atom stereocenters. The minimum atomic E-state index is -0.966. The Morgan fingerprint density at radius 1 is 1.43 bits per heavy atom. The first-order chi connectivity index (χ1) is 9.79. The zero-order chi connectivity index (χ0) is 15.7. The lowest BCUT2D eigenvalue weighted by Crippen LogP contribution is -2.43. The maximum atomic E-state index is 12.4. The monoisotopic (exact) mass is 296 g/mol.